The molecule has 3 nitrogen and oxygen atoms in total. The standard InChI is InChI=1S/C11H18N2O/c1-11(2,3)10(14)9(8-12)6-7-13(4)5/h6H,7H2,1-5H3/b9-6+. The van der Waals surface area contributed by atoms with E-state index in [-0.39, 0.29) is 11.4 Å². The average molecular weight is 194 g/mol. The van der Waals surface area contributed by atoms with Crippen molar-refractivity contribution in [3.63, 3.8) is 0 Å². The molecule has 0 aromatic rings. The summed E-state index contributed by atoms with van der Waals surface area (Å²) in [4.78, 5) is 13.6. The van der Waals surface area contributed by atoms with Gasteiger partial charge in [0.15, 0.2) is 5.78 Å². The Morgan fingerprint density at radius 2 is 1.93 bits per heavy atom. The number of carbonyl (C=O) groups excluding carboxylic acids is 1. The molecule has 0 aliphatic heterocycles. The molecule has 0 rings (SSSR count). The number of hydrogen-bond acceptors (Lipinski definition) is 3. The van der Waals surface area contributed by atoms with Crippen molar-refractivity contribution in [3.05, 3.63) is 11.6 Å². The molecular formula is C11H18N2O. The third-order valence-corrected chi connectivity index (χ3v) is 1.71. The van der Waals surface area contributed by atoms with Crippen LogP contribution >= 0.6 is 0 Å². The van der Waals surface area contributed by atoms with Gasteiger partial charge in [-0.3, -0.25) is 4.79 Å². The second-order valence-corrected chi connectivity index (χ2v) is 4.57. The molecule has 0 heterocycles. The average Bonchev–Trinajstić information content (AvgIpc) is 2.03. The van der Waals surface area contributed by atoms with Crippen LogP contribution in [0.2, 0.25) is 0 Å². The molecule has 0 aliphatic carbocycles. The van der Waals surface area contributed by atoms with Crippen LogP contribution in [0.15, 0.2) is 11.6 Å². The van der Waals surface area contributed by atoms with Crippen LogP contribution in [0.3, 0.4) is 0 Å². The van der Waals surface area contributed by atoms with Gasteiger partial charge >= 0.3 is 0 Å². The lowest BCUT2D eigenvalue weighted by Gasteiger charge is -2.15. The zero-order valence-electron chi connectivity index (χ0n) is 9.59. The van der Waals surface area contributed by atoms with Crippen molar-refractivity contribution in [3.8, 4) is 6.07 Å². The molecule has 0 radical (unpaired) electrons. The van der Waals surface area contributed by atoms with E-state index in [9.17, 15) is 4.79 Å². The van der Waals surface area contributed by atoms with Crippen molar-refractivity contribution in [1.29, 1.82) is 5.26 Å². The number of allylic oxidation sites excluding steroid dienone is 1. The molecule has 0 aliphatic rings. The zero-order chi connectivity index (χ0) is 11.4. The Balaban J connectivity index is 4.68. The summed E-state index contributed by atoms with van der Waals surface area (Å²) in [5.74, 6) is -0.0955. The first-order valence-electron chi connectivity index (χ1n) is 4.59. The van der Waals surface area contributed by atoms with Crippen LogP contribution in [0.5, 0.6) is 0 Å². The second-order valence-electron chi connectivity index (χ2n) is 4.57. The lowest BCUT2D eigenvalue weighted by molar-refractivity contribution is -0.122. The topological polar surface area (TPSA) is 44.1 Å². The fraction of sp³-hybridized carbons (Fsp3) is 0.636. The fourth-order valence-electron chi connectivity index (χ4n) is 0.867. The molecule has 0 aromatic heterocycles. The monoisotopic (exact) mass is 194 g/mol. The smallest absolute Gasteiger partial charge is 0.178 e. The third-order valence-electron chi connectivity index (χ3n) is 1.71. The summed E-state index contributed by atoms with van der Waals surface area (Å²) in [6, 6.07) is 1.95. The predicted octanol–water partition coefficient (Wildman–Crippen LogP) is 1.61. The highest BCUT2D eigenvalue weighted by molar-refractivity contribution is 6.02. The maximum atomic E-state index is 11.7. The quantitative estimate of drug-likeness (QED) is 0.506. The lowest BCUT2D eigenvalue weighted by Crippen LogP contribution is -2.22. The van der Waals surface area contributed by atoms with E-state index in [2.05, 4.69) is 0 Å². The molecule has 0 N–H and O–H groups in total. The van der Waals surface area contributed by atoms with Gasteiger partial charge in [0.05, 0.1) is 5.57 Å². The summed E-state index contributed by atoms with van der Waals surface area (Å²) in [6.07, 6.45) is 1.67. The van der Waals surface area contributed by atoms with Gasteiger partial charge in [-0.2, -0.15) is 5.26 Å². The maximum absolute atomic E-state index is 11.7. The van der Waals surface area contributed by atoms with Crippen LogP contribution in [0.25, 0.3) is 0 Å². The van der Waals surface area contributed by atoms with Crippen LogP contribution in [0, 0.1) is 16.7 Å². The number of ketones is 1. The second kappa shape index (κ2) is 4.92. The molecule has 0 saturated carbocycles. The maximum Gasteiger partial charge on any atom is 0.178 e. The summed E-state index contributed by atoms with van der Waals surface area (Å²) in [6.45, 7) is 6.06. The van der Waals surface area contributed by atoms with Crippen LogP contribution in [0.1, 0.15) is 20.8 Å². The van der Waals surface area contributed by atoms with E-state index in [1.165, 1.54) is 0 Å². The molecule has 3 heteroatoms. The van der Waals surface area contributed by atoms with E-state index in [1.54, 1.807) is 6.08 Å². The Hall–Kier alpha value is -1.14. The molecule has 78 valence electrons. The van der Waals surface area contributed by atoms with Crippen molar-refractivity contribution in [2.24, 2.45) is 5.41 Å². The predicted molar refractivity (Wildman–Crippen MR) is 56.7 cm³/mol. The van der Waals surface area contributed by atoms with Crippen LogP contribution in [-0.2, 0) is 4.79 Å². The number of likely N-dealkylation sites (N-methyl/N-ethyl adjacent to an activating group) is 1. The summed E-state index contributed by atoms with van der Waals surface area (Å²) in [5.41, 5.74) is -0.223. The summed E-state index contributed by atoms with van der Waals surface area (Å²) in [5, 5.41) is 8.82. The van der Waals surface area contributed by atoms with Gasteiger partial charge < -0.3 is 4.90 Å². The Morgan fingerprint density at radius 3 is 2.21 bits per heavy atom. The van der Waals surface area contributed by atoms with E-state index in [4.69, 9.17) is 5.26 Å². The number of Topliss-reactive ketones (excluding diaryl/α,β-unsaturated/α-hetero) is 1. The van der Waals surface area contributed by atoms with E-state index >= 15 is 0 Å². The first-order valence-corrected chi connectivity index (χ1v) is 4.59. The molecule has 0 atom stereocenters. The SMILES string of the molecule is CN(C)C/C=C(\C#N)C(=O)C(C)(C)C. The number of carbonyl (C=O) groups is 1. The highest BCUT2D eigenvalue weighted by Gasteiger charge is 2.24. The van der Waals surface area contributed by atoms with Gasteiger partial charge in [0.1, 0.15) is 6.07 Å². The molecule has 0 saturated heterocycles. The minimum atomic E-state index is -0.478. The van der Waals surface area contributed by atoms with E-state index in [1.807, 2.05) is 45.8 Å². The molecule has 0 fully saturated rings. The fourth-order valence-corrected chi connectivity index (χ4v) is 0.867. The minimum absolute atomic E-state index is 0.0955. The van der Waals surface area contributed by atoms with Crippen molar-refractivity contribution in [1.82, 2.24) is 4.90 Å². The highest BCUT2D eigenvalue weighted by atomic mass is 16.1. The van der Waals surface area contributed by atoms with E-state index in [0.717, 1.165) is 0 Å². The Kier molecular flexibility index (Phi) is 4.52. The van der Waals surface area contributed by atoms with Crippen molar-refractivity contribution in [2.45, 2.75) is 20.8 Å². The van der Waals surface area contributed by atoms with Crippen LogP contribution in [0.4, 0.5) is 0 Å². The van der Waals surface area contributed by atoms with E-state index < -0.39 is 5.41 Å². The number of hydrogen-bond donors (Lipinski definition) is 0. The number of nitrogens with zero attached hydrogens (tertiary/aromatic N) is 2. The van der Waals surface area contributed by atoms with Crippen molar-refractivity contribution in [2.75, 3.05) is 20.6 Å². The molecule has 0 aromatic carbocycles. The first kappa shape index (κ1) is 12.9. The minimum Gasteiger partial charge on any atom is -0.306 e. The molecule has 14 heavy (non-hydrogen) atoms. The van der Waals surface area contributed by atoms with Gasteiger partial charge in [-0.25, -0.2) is 0 Å². The van der Waals surface area contributed by atoms with Crippen LogP contribution < -0.4 is 0 Å². The van der Waals surface area contributed by atoms with Gasteiger partial charge in [-0.05, 0) is 20.2 Å². The van der Waals surface area contributed by atoms with Crippen LogP contribution in [-0.4, -0.2) is 31.3 Å². The summed E-state index contributed by atoms with van der Waals surface area (Å²) < 4.78 is 0. The molecule has 0 spiro atoms. The van der Waals surface area contributed by atoms with Gasteiger partial charge in [0, 0.05) is 12.0 Å². The van der Waals surface area contributed by atoms with Gasteiger partial charge in [0.25, 0.3) is 0 Å². The third kappa shape index (κ3) is 4.20. The summed E-state index contributed by atoms with van der Waals surface area (Å²) >= 11 is 0. The van der Waals surface area contributed by atoms with Gasteiger partial charge in [-0.1, -0.05) is 20.8 Å². The van der Waals surface area contributed by atoms with Crippen molar-refractivity contribution < 1.29 is 4.79 Å². The van der Waals surface area contributed by atoms with E-state index in [0.29, 0.717) is 6.54 Å². The lowest BCUT2D eigenvalue weighted by atomic mass is 9.86. The zero-order valence-corrected chi connectivity index (χ0v) is 9.59. The number of nitriles is 1. The number of rotatable bonds is 3. The van der Waals surface area contributed by atoms with Crippen molar-refractivity contribution >= 4 is 5.78 Å². The Morgan fingerprint density at radius 1 is 1.43 bits per heavy atom. The molecule has 0 amide bonds. The highest BCUT2D eigenvalue weighted by Crippen LogP contribution is 2.19. The summed E-state index contributed by atoms with van der Waals surface area (Å²) in [7, 11) is 3.79. The van der Waals surface area contributed by atoms with Gasteiger partial charge in [0.2, 0.25) is 0 Å². The normalized spacial score (nSPS) is 12.8. The largest absolute Gasteiger partial charge is 0.306 e. The molecule has 0 unspecified atom stereocenters. The molecule has 0 bridgehead atoms. The first-order chi connectivity index (χ1) is 6.29. The Bertz CT molecular complexity index is 277. The molecular weight excluding hydrogens is 176 g/mol. The van der Waals surface area contributed by atoms with Gasteiger partial charge in [-0.15, -0.1) is 0 Å². The Labute approximate surface area is 86.0 Å².